The number of carbonyl (C=O) groups excluding carboxylic acids is 1. The fraction of sp³-hybridized carbons (Fsp3) is 0.812. The Morgan fingerprint density at radius 1 is 1.27 bits per heavy atom. The zero-order valence-electron chi connectivity index (χ0n) is 14.3. The molecule has 1 amide bonds. The first kappa shape index (κ1) is 16.9. The number of nitrogens with zero attached hydrogens (tertiary/aromatic N) is 4. The van der Waals surface area contributed by atoms with Gasteiger partial charge in [-0.3, -0.25) is 4.79 Å². The zero-order chi connectivity index (χ0) is 16.1. The molecule has 6 heteroatoms. The van der Waals surface area contributed by atoms with Gasteiger partial charge in [-0.25, -0.2) is 0 Å². The lowest BCUT2D eigenvalue weighted by Crippen LogP contribution is -2.31. The number of fused-ring (bicyclic) bond motifs is 1. The second-order valence-electron chi connectivity index (χ2n) is 6.60. The minimum absolute atomic E-state index is 0.00997. The van der Waals surface area contributed by atoms with Crippen LogP contribution in [0.2, 0.25) is 0 Å². The molecule has 2 heterocycles. The van der Waals surface area contributed by atoms with Gasteiger partial charge in [-0.15, -0.1) is 10.2 Å². The first-order chi connectivity index (χ1) is 10.5. The fourth-order valence-corrected chi connectivity index (χ4v) is 3.13. The first-order valence-electron chi connectivity index (χ1n) is 8.42. The molecule has 2 rings (SSSR count). The first-order valence-corrected chi connectivity index (χ1v) is 8.42. The summed E-state index contributed by atoms with van der Waals surface area (Å²) < 4.78 is 2.22. The number of hydrogen-bond donors (Lipinski definition) is 1. The molecule has 0 bridgehead atoms. The van der Waals surface area contributed by atoms with Gasteiger partial charge in [0, 0.05) is 33.0 Å². The lowest BCUT2D eigenvalue weighted by atomic mass is 10.0. The molecule has 0 aromatic carbocycles. The van der Waals surface area contributed by atoms with Crippen LogP contribution in [0.1, 0.15) is 58.2 Å². The Bertz CT molecular complexity index is 497. The molecule has 1 aromatic heterocycles. The topological polar surface area (TPSA) is 63.1 Å². The normalized spacial score (nSPS) is 17.1. The molecule has 0 spiro atoms. The molecule has 0 saturated heterocycles. The lowest BCUT2D eigenvalue weighted by molar-refractivity contribution is -0.119. The second kappa shape index (κ2) is 7.72. The maximum atomic E-state index is 11.5. The van der Waals surface area contributed by atoms with Gasteiger partial charge in [-0.2, -0.15) is 0 Å². The van der Waals surface area contributed by atoms with Crippen molar-refractivity contribution in [2.45, 2.75) is 59.5 Å². The van der Waals surface area contributed by atoms with Crippen molar-refractivity contribution in [3.8, 4) is 0 Å². The Hall–Kier alpha value is -1.43. The summed E-state index contributed by atoms with van der Waals surface area (Å²) >= 11 is 0. The van der Waals surface area contributed by atoms with Crippen molar-refractivity contribution in [2.75, 3.05) is 19.6 Å². The fourth-order valence-electron chi connectivity index (χ4n) is 3.13. The molecule has 0 saturated carbocycles. The van der Waals surface area contributed by atoms with E-state index in [1.165, 1.54) is 6.42 Å². The highest BCUT2D eigenvalue weighted by atomic mass is 16.1. The molecular formula is C16H29N5O. The van der Waals surface area contributed by atoms with E-state index in [4.69, 9.17) is 0 Å². The zero-order valence-corrected chi connectivity index (χ0v) is 14.3. The third-order valence-corrected chi connectivity index (χ3v) is 4.08. The minimum Gasteiger partial charge on any atom is -0.346 e. The average molecular weight is 307 g/mol. The third-order valence-electron chi connectivity index (χ3n) is 4.08. The quantitative estimate of drug-likeness (QED) is 0.870. The van der Waals surface area contributed by atoms with Crippen molar-refractivity contribution in [3.63, 3.8) is 0 Å². The third kappa shape index (κ3) is 4.29. The molecule has 1 aliphatic heterocycles. The second-order valence-corrected chi connectivity index (χ2v) is 6.60. The summed E-state index contributed by atoms with van der Waals surface area (Å²) in [5.41, 5.74) is 0. The number of carbonyl (C=O) groups is 1. The van der Waals surface area contributed by atoms with Crippen LogP contribution in [0.5, 0.6) is 0 Å². The summed E-state index contributed by atoms with van der Waals surface area (Å²) in [5, 5.41) is 11.8. The molecule has 124 valence electrons. The van der Waals surface area contributed by atoms with E-state index in [-0.39, 0.29) is 11.9 Å². The van der Waals surface area contributed by atoms with Crippen molar-refractivity contribution >= 4 is 5.91 Å². The van der Waals surface area contributed by atoms with Gasteiger partial charge in [0.1, 0.15) is 5.82 Å². The van der Waals surface area contributed by atoms with Crippen molar-refractivity contribution in [1.29, 1.82) is 0 Å². The molecule has 22 heavy (non-hydrogen) atoms. The van der Waals surface area contributed by atoms with Gasteiger partial charge < -0.3 is 14.8 Å². The van der Waals surface area contributed by atoms with Gasteiger partial charge >= 0.3 is 0 Å². The molecule has 1 aromatic rings. The molecule has 0 radical (unpaired) electrons. The van der Waals surface area contributed by atoms with E-state index >= 15 is 0 Å². The van der Waals surface area contributed by atoms with Crippen molar-refractivity contribution in [3.05, 3.63) is 11.6 Å². The summed E-state index contributed by atoms with van der Waals surface area (Å²) in [4.78, 5) is 14.0. The number of nitrogens with one attached hydrogen (secondary N) is 1. The SMILES string of the molecule is CCCN1CCc2nnc(C(CC(C)C)NC(C)=O)n2CC1. The van der Waals surface area contributed by atoms with Gasteiger partial charge in [0.25, 0.3) is 0 Å². The van der Waals surface area contributed by atoms with E-state index in [0.717, 1.165) is 50.7 Å². The van der Waals surface area contributed by atoms with Crippen LogP contribution in [0.25, 0.3) is 0 Å². The molecule has 0 fully saturated rings. The molecule has 1 aliphatic rings. The smallest absolute Gasteiger partial charge is 0.217 e. The van der Waals surface area contributed by atoms with Crippen LogP contribution in [-0.2, 0) is 17.8 Å². The van der Waals surface area contributed by atoms with E-state index in [1.807, 2.05) is 0 Å². The Balaban J connectivity index is 2.18. The molecule has 0 aliphatic carbocycles. The Kier molecular flexibility index (Phi) is 5.94. The maximum absolute atomic E-state index is 11.5. The minimum atomic E-state index is -0.0449. The highest BCUT2D eigenvalue weighted by Gasteiger charge is 2.25. The molecule has 1 atom stereocenters. The monoisotopic (exact) mass is 307 g/mol. The summed E-state index contributed by atoms with van der Waals surface area (Å²) in [7, 11) is 0. The van der Waals surface area contributed by atoms with Crippen molar-refractivity contribution < 1.29 is 4.79 Å². The van der Waals surface area contributed by atoms with E-state index in [9.17, 15) is 4.79 Å². The lowest BCUT2D eigenvalue weighted by Gasteiger charge is -2.21. The maximum Gasteiger partial charge on any atom is 0.217 e. The Morgan fingerprint density at radius 3 is 2.68 bits per heavy atom. The van der Waals surface area contributed by atoms with E-state index in [1.54, 1.807) is 6.92 Å². The van der Waals surface area contributed by atoms with E-state index in [2.05, 4.69) is 45.8 Å². The van der Waals surface area contributed by atoms with Crippen LogP contribution >= 0.6 is 0 Å². The van der Waals surface area contributed by atoms with Gasteiger partial charge in [0.05, 0.1) is 6.04 Å². The van der Waals surface area contributed by atoms with Crippen LogP contribution in [0, 0.1) is 5.92 Å². The molecule has 6 nitrogen and oxygen atoms in total. The van der Waals surface area contributed by atoms with Crippen LogP contribution < -0.4 is 5.32 Å². The van der Waals surface area contributed by atoms with Gasteiger partial charge in [0.15, 0.2) is 5.82 Å². The van der Waals surface area contributed by atoms with Crippen molar-refractivity contribution in [1.82, 2.24) is 25.0 Å². The number of rotatable bonds is 6. The Labute approximate surface area is 133 Å². The number of hydrogen-bond acceptors (Lipinski definition) is 4. The van der Waals surface area contributed by atoms with Gasteiger partial charge in [-0.05, 0) is 25.3 Å². The van der Waals surface area contributed by atoms with Crippen LogP contribution in [0.3, 0.4) is 0 Å². The number of aromatic nitrogens is 3. The molecule has 1 unspecified atom stereocenters. The highest BCUT2D eigenvalue weighted by Crippen LogP contribution is 2.22. The van der Waals surface area contributed by atoms with Crippen LogP contribution in [-0.4, -0.2) is 45.2 Å². The molecule has 1 N–H and O–H groups in total. The van der Waals surface area contributed by atoms with E-state index in [0.29, 0.717) is 5.92 Å². The van der Waals surface area contributed by atoms with Crippen molar-refractivity contribution in [2.24, 2.45) is 5.92 Å². The number of amides is 1. The Morgan fingerprint density at radius 2 is 2.05 bits per heavy atom. The summed E-state index contributed by atoms with van der Waals surface area (Å²) in [6.45, 7) is 12.2. The summed E-state index contributed by atoms with van der Waals surface area (Å²) in [5.74, 6) is 2.45. The van der Waals surface area contributed by atoms with Gasteiger partial charge in [-0.1, -0.05) is 20.8 Å². The molecular weight excluding hydrogens is 278 g/mol. The van der Waals surface area contributed by atoms with Gasteiger partial charge in [0.2, 0.25) is 5.91 Å². The highest BCUT2D eigenvalue weighted by molar-refractivity contribution is 5.73. The van der Waals surface area contributed by atoms with Crippen LogP contribution in [0.4, 0.5) is 0 Å². The largest absolute Gasteiger partial charge is 0.346 e. The van der Waals surface area contributed by atoms with E-state index < -0.39 is 0 Å². The van der Waals surface area contributed by atoms with Crippen LogP contribution in [0.15, 0.2) is 0 Å². The summed E-state index contributed by atoms with van der Waals surface area (Å²) in [6, 6.07) is -0.0449. The standard InChI is InChI=1S/C16H29N5O/c1-5-7-20-8-6-15-18-19-16(21(15)10-9-20)14(11-12(2)3)17-13(4)22/h12,14H,5-11H2,1-4H3,(H,17,22). The average Bonchev–Trinajstić information content (AvgIpc) is 2.73. The summed E-state index contributed by atoms with van der Waals surface area (Å²) in [6.07, 6.45) is 2.99. The predicted octanol–water partition coefficient (Wildman–Crippen LogP) is 1.77. The predicted molar refractivity (Wildman–Crippen MR) is 86.5 cm³/mol.